The lowest BCUT2D eigenvalue weighted by atomic mass is 10.1. The summed E-state index contributed by atoms with van der Waals surface area (Å²) in [5, 5.41) is 9.19. The minimum absolute atomic E-state index is 0.108. The van der Waals surface area contributed by atoms with Gasteiger partial charge in [-0.3, -0.25) is 9.59 Å². The number of nitrogens with one attached hydrogen (secondary N) is 2. The van der Waals surface area contributed by atoms with Crippen LogP contribution in [0.2, 0.25) is 0 Å². The molecular formula is C17H19N3O3S. The Hall–Kier alpha value is -2.28. The molecule has 1 aromatic carbocycles. The Labute approximate surface area is 144 Å². The van der Waals surface area contributed by atoms with Crippen molar-refractivity contribution in [2.75, 3.05) is 22.1 Å². The number of nitrogens with zero attached hydrogens (tertiary/aromatic N) is 1. The van der Waals surface area contributed by atoms with Crippen molar-refractivity contribution in [1.82, 2.24) is 5.16 Å². The zero-order valence-corrected chi connectivity index (χ0v) is 14.2. The molecule has 0 aliphatic heterocycles. The fourth-order valence-corrected chi connectivity index (χ4v) is 3.30. The smallest absolute Gasteiger partial charge is 0.235 e. The highest BCUT2D eigenvalue weighted by Gasteiger charge is 2.12. The number of anilines is 2. The van der Waals surface area contributed by atoms with Crippen LogP contribution < -0.4 is 10.6 Å². The second-order valence-corrected chi connectivity index (χ2v) is 6.73. The molecule has 0 spiro atoms. The highest BCUT2D eigenvalue weighted by Crippen LogP contribution is 2.24. The summed E-state index contributed by atoms with van der Waals surface area (Å²) in [6.07, 6.45) is 3.39. The van der Waals surface area contributed by atoms with Gasteiger partial charge in [-0.1, -0.05) is 11.2 Å². The number of carbonyl (C=O) groups excluding carboxylic acids is 2. The summed E-state index contributed by atoms with van der Waals surface area (Å²) < 4.78 is 4.87. The molecular weight excluding hydrogens is 326 g/mol. The van der Waals surface area contributed by atoms with Gasteiger partial charge in [-0.25, -0.2) is 0 Å². The van der Waals surface area contributed by atoms with Gasteiger partial charge in [0.1, 0.15) is 5.76 Å². The van der Waals surface area contributed by atoms with E-state index in [2.05, 4.69) is 21.9 Å². The van der Waals surface area contributed by atoms with Crippen molar-refractivity contribution < 1.29 is 14.1 Å². The van der Waals surface area contributed by atoms with Crippen LogP contribution in [0.3, 0.4) is 0 Å². The molecule has 0 fully saturated rings. The van der Waals surface area contributed by atoms with Crippen molar-refractivity contribution in [2.24, 2.45) is 0 Å². The van der Waals surface area contributed by atoms with E-state index in [4.69, 9.17) is 4.52 Å². The quantitative estimate of drug-likeness (QED) is 0.841. The number of fused-ring (bicyclic) bond motifs is 1. The molecule has 7 heteroatoms. The van der Waals surface area contributed by atoms with Gasteiger partial charge < -0.3 is 15.2 Å². The normalized spacial score (nSPS) is 12.7. The van der Waals surface area contributed by atoms with Crippen LogP contribution in [0.5, 0.6) is 0 Å². The van der Waals surface area contributed by atoms with Crippen molar-refractivity contribution in [1.29, 1.82) is 0 Å². The number of aromatic nitrogens is 1. The highest BCUT2D eigenvalue weighted by molar-refractivity contribution is 8.00. The van der Waals surface area contributed by atoms with Gasteiger partial charge >= 0.3 is 0 Å². The van der Waals surface area contributed by atoms with Gasteiger partial charge in [-0.05, 0) is 49.4 Å². The van der Waals surface area contributed by atoms with Crippen LogP contribution in [0.15, 0.2) is 28.8 Å². The summed E-state index contributed by atoms with van der Waals surface area (Å²) in [7, 11) is 0. The third-order valence-electron chi connectivity index (χ3n) is 3.74. The standard InChI is InChI=1S/C17H19N3O3S/c1-11-7-15(20-23-11)19-17(22)10-24-9-16(21)18-14-6-5-12-3-2-4-13(12)8-14/h5-8H,2-4,9-10H2,1H3,(H,18,21)(H,19,20,22). The molecule has 0 saturated carbocycles. The van der Waals surface area contributed by atoms with Gasteiger partial charge in [0.2, 0.25) is 11.8 Å². The van der Waals surface area contributed by atoms with E-state index in [1.165, 1.54) is 29.3 Å². The molecule has 1 aliphatic carbocycles. The summed E-state index contributed by atoms with van der Waals surface area (Å²) in [5.74, 6) is 1.11. The number of hydrogen-bond acceptors (Lipinski definition) is 5. The molecule has 6 nitrogen and oxygen atoms in total. The van der Waals surface area contributed by atoms with Gasteiger partial charge in [0.15, 0.2) is 5.82 Å². The predicted molar refractivity (Wildman–Crippen MR) is 94.3 cm³/mol. The predicted octanol–water partition coefficient (Wildman–Crippen LogP) is 2.78. The molecule has 1 aromatic heterocycles. The lowest BCUT2D eigenvalue weighted by molar-refractivity contribution is -0.114. The number of amides is 2. The molecule has 2 aromatic rings. The summed E-state index contributed by atoms with van der Waals surface area (Å²) in [4.78, 5) is 23.7. The van der Waals surface area contributed by atoms with Crippen LogP contribution in [0, 0.1) is 6.92 Å². The monoisotopic (exact) mass is 345 g/mol. The number of hydrogen-bond donors (Lipinski definition) is 2. The van der Waals surface area contributed by atoms with E-state index in [0.717, 1.165) is 18.5 Å². The Bertz CT molecular complexity index is 757. The van der Waals surface area contributed by atoms with E-state index in [9.17, 15) is 9.59 Å². The Morgan fingerprint density at radius 1 is 1.12 bits per heavy atom. The minimum atomic E-state index is -0.210. The van der Waals surface area contributed by atoms with Crippen LogP contribution in [0.4, 0.5) is 11.5 Å². The SMILES string of the molecule is Cc1cc(NC(=O)CSCC(=O)Nc2ccc3c(c2)CCC3)no1. The van der Waals surface area contributed by atoms with Crippen molar-refractivity contribution >= 4 is 35.1 Å². The zero-order chi connectivity index (χ0) is 16.9. The van der Waals surface area contributed by atoms with Crippen molar-refractivity contribution in [3.63, 3.8) is 0 Å². The molecule has 0 saturated heterocycles. The van der Waals surface area contributed by atoms with Crippen molar-refractivity contribution in [2.45, 2.75) is 26.2 Å². The lowest BCUT2D eigenvalue weighted by Crippen LogP contribution is -2.18. The Balaban J connectivity index is 1.40. The summed E-state index contributed by atoms with van der Waals surface area (Å²) in [6, 6.07) is 7.71. The van der Waals surface area contributed by atoms with Gasteiger partial charge in [0.05, 0.1) is 11.5 Å². The Kier molecular flexibility index (Phi) is 5.20. The first kappa shape index (κ1) is 16.6. The van der Waals surface area contributed by atoms with E-state index < -0.39 is 0 Å². The Morgan fingerprint density at radius 2 is 1.88 bits per heavy atom. The molecule has 1 aliphatic rings. The largest absolute Gasteiger partial charge is 0.360 e. The molecule has 0 bridgehead atoms. The molecule has 2 amide bonds. The van der Waals surface area contributed by atoms with Crippen LogP contribution in [0.1, 0.15) is 23.3 Å². The highest BCUT2D eigenvalue weighted by atomic mass is 32.2. The minimum Gasteiger partial charge on any atom is -0.360 e. The number of benzene rings is 1. The van der Waals surface area contributed by atoms with Crippen LogP contribution in [0.25, 0.3) is 0 Å². The lowest BCUT2D eigenvalue weighted by Gasteiger charge is -2.07. The average Bonchev–Trinajstić information content (AvgIpc) is 3.15. The van der Waals surface area contributed by atoms with E-state index in [0.29, 0.717) is 11.6 Å². The maximum atomic E-state index is 12.0. The van der Waals surface area contributed by atoms with Crippen molar-refractivity contribution in [3.8, 4) is 0 Å². The first-order chi connectivity index (χ1) is 11.6. The maximum absolute atomic E-state index is 12.0. The maximum Gasteiger partial charge on any atom is 0.235 e. The second kappa shape index (κ2) is 7.53. The zero-order valence-electron chi connectivity index (χ0n) is 13.4. The molecule has 2 N–H and O–H groups in total. The number of aryl methyl sites for hydroxylation is 3. The van der Waals surface area contributed by atoms with Gasteiger partial charge in [0.25, 0.3) is 0 Å². The van der Waals surface area contributed by atoms with E-state index in [1.807, 2.05) is 12.1 Å². The summed E-state index contributed by atoms with van der Waals surface area (Å²) in [6.45, 7) is 1.75. The third kappa shape index (κ3) is 4.38. The fraction of sp³-hybridized carbons (Fsp3) is 0.353. The molecule has 3 rings (SSSR count). The summed E-state index contributed by atoms with van der Waals surface area (Å²) >= 11 is 1.26. The molecule has 126 valence electrons. The number of thioether (sulfide) groups is 1. The van der Waals surface area contributed by atoms with Crippen molar-refractivity contribution in [3.05, 3.63) is 41.2 Å². The van der Waals surface area contributed by atoms with E-state index in [1.54, 1.807) is 13.0 Å². The number of carbonyl (C=O) groups is 2. The Morgan fingerprint density at radius 3 is 2.62 bits per heavy atom. The van der Waals surface area contributed by atoms with Gasteiger partial charge in [-0.15, -0.1) is 11.8 Å². The molecule has 24 heavy (non-hydrogen) atoms. The average molecular weight is 345 g/mol. The van der Waals surface area contributed by atoms with Gasteiger partial charge in [0, 0.05) is 11.8 Å². The number of rotatable bonds is 6. The third-order valence-corrected chi connectivity index (χ3v) is 4.68. The van der Waals surface area contributed by atoms with Crippen LogP contribution in [-0.2, 0) is 22.4 Å². The first-order valence-electron chi connectivity index (χ1n) is 7.83. The topological polar surface area (TPSA) is 84.2 Å². The molecule has 0 atom stereocenters. The molecule has 0 radical (unpaired) electrons. The van der Waals surface area contributed by atoms with E-state index >= 15 is 0 Å². The molecule has 0 unspecified atom stereocenters. The fourth-order valence-electron chi connectivity index (χ4n) is 2.69. The molecule has 1 heterocycles. The van der Waals surface area contributed by atoms with E-state index in [-0.39, 0.29) is 23.3 Å². The first-order valence-corrected chi connectivity index (χ1v) is 8.98. The second-order valence-electron chi connectivity index (χ2n) is 5.75. The van der Waals surface area contributed by atoms with Gasteiger partial charge in [-0.2, -0.15) is 0 Å². The van der Waals surface area contributed by atoms with Crippen LogP contribution in [-0.4, -0.2) is 28.5 Å². The van der Waals surface area contributed by atoms with Crippen LogP contribution >= 0.6 is 11.8 Å². The summed E-state index contributed by atoms with van der Waals surface area (Å²) in [5.41, 5.74) is 3.52.